The zero-order valence-corrected chi connectivity index (χ0v) is 14.9. The van der Waals surface area contributed by atoms with Crippen molar-refractivity contribution in [1.29, 1.82) is 0 Å². The zero-order valence-electron chi connectivity index (χ0n) is 14.9. The molecule has 27 heavy (non-hydrogen) atoms. The van der Waals surface area contributed by atoms with Crippen LogP contribution in [0, 0.1) is 6.92 Å². The molecule has 0 saturated carbocycles. The number of aryl methyl sites for hydroxylation is 1. The molecule has 2 heterocycles. The van der Waals surface area contributed by atoms with Crippen LogP contribution in [0.2, 0.25) is 0 Å². The summed E-state index contributed by atoms with van der Waals surface area (Å²) in [6, 6.07) is 14.8. The standard InChI is InChI=1S/C21H22O5.CH4/c1-13-3-5-14(6-4-13)19(22)15-7-9-16(10-8-15)26-18-12-25-20-17(23-2)11-24-21(18)20;/h3-10,17-18,20-21H,11-12H2,1-2H3;1H4/t17-,18?,20-,21-;/m1./s1. The molecule has 2 saturated heterocycles. The van der Waals surface area contributed by atoms with Crippen LogP contribution in [0.1, 0.15) is 28.9 Å². The first-order valence-corrected chi connectivity index (χ1v) is 8.80. The van der Waals surface area contributed by atoms with Crippen LogP contribution < -0.4 is 4.74 Å². The van der Waals surface area contributed by atoms with E-state index in [4.69, 9.17) is 18.9 Å². The van der Waals surface area contributed by atoms with Gasteiger partial charge in [-0.2, -0.15) is 0 Å². The molecule has 4 atom stereocenters. The van der Waals surface area contributed by atoms with Crippen molar-refractivity contribution in [2.75, 3.05) is 20.3 Å². The average molecular weight is 370 g/mol. The minimum atomic E-state index is -0.168. The topological polar surface area (TPSA) is 54.0 Å². The van der Waals surface area contributed by atoms with Crippen molar-refractivity contribution in [1.82, 2.24) is 0 Å². The van der Waals surface area contributed by atoms with E-state index < -0.39 is 0 Å². The summed E-state index contributed by atoms with van der Waals surface area (Å²) in [7, 11) is 1.66. The molecule has 0 aromatic heterocycles. The Balaban J connectivity index is 0.00000210. The summed E-state index contributed by atoms with van der Waals surface area (Å²) in [5.74, 6) is 0.701. The second kappa shape index (κ2) is 8.21. The number of benzene rings is 2. The molecule has 0 amide bonds. The lowest BCUT2D eigenvalue weighted by Crippen LogP contribution is -2.35. The molecule has 4 rings (SSSR count). The fourth-order valence-electron chi connectivity index (χ4n) is 3.46. The van der Waals surface area contributed by atoms with E-state index in [0.717, 1.165) is 5.56 Å². The molecule has 2 aliphatic rings. The first kappa shape index (κ1) is 19.5. The maximum absolute atomic E-state index is 12.5. The Kier molecular flexibility index (Phi) is 5.95. The Morgan fingerprint density at radius 1 is 0.889 bits per heavy atom. The van der Waals surface area contributed by atoms with E-state index in [9.17, 15) is 4.79 Å². The van der Waals surface area contributed by atoms with Crippen LogP contribution in [-0.4, -0.2) is 50.5 Å². The van der Waals surface area contributed by atoms with Crippen LogP contribution in [0.5, 0.6) is 5.75 Å². The van der Waals surface area contributed by atoms with Gasteiger partial charge in [0.05, 0.1) is 13.2 Å². The third kappa shape index (κ3) is 3.90. The predicted molar refractivity (Wildman–Crippen MR) is 102 cm³/mol. The highest BCUT2D eigenvalue weighted by Crippen LogP contribution is 2.31. The predicted octanol–water partition coefficient (Wildman–Crippen LogP) is 3.42. The van der Waals surface area contributed by atoms with Crippen LogP contribution >= 0.6 is 0 Å². The summed E-state index contributed by atoms with van der Waals surface area (Å²) < 4.78 is 22.9. The van der Waals surface area contributed by atoms with Gasteiger partial charge in [-0.15, -0.1) is 0 Å². The highest BCUT2D eigenvalue weighted by atomic mass is 16.6. The van der Waals surface area contributed by atoms with E-state index in [1.165, 1.54) is 0 Å². The van der Waals surface area contributed by atoms with Crippen molar-refractivity contribution < 1.29 is 23.7 Å². The summed E-state index contributed by atoms with van der Waals surface area (Å²) in [5, 5.41) is 0. The SMILES string of the molecule is C.CO[C@@H]1CO[C@@H]2C(Oc3ccc(C(=O)c4ccc(C)cc4)cc3)CO[C@@H]21. The Morgan fingerprint density at radius 3 is 2.00 bits per heavy atom. The first-order valence-electron chi connectivity index (χ1n) is 8.80. The summed E-state index contributed by atoms with van der Waals surface area (Å²) in [6.45, 7) is 3.00. The molecule has 5 heteroatoms. The Labute approximate surface area is 160 Å². The Morgan fingerprint density at radius 2 is 1.41 bits per heavy atom. The van der Waals surface area contributed by atoms with Gasteiger partial charge >= 0.3 is 0 Å². The fraction of sp³-hybridized carbons (Fsp3) is 0.409. The maximum atomic E-state index is 12.5. The van der Waals surface area contributed by atoms with Crippen LogP contribution in [-0.2, 0) is 14.2 Å². The molecule has 144 valence electrons. The minimum absolute atomic E-state index is 0. The van der Waals surface area contributed by atoms with Crippen molar-refractivity contribution in [2.24, 2.45) is 0 Å². The summed E-state index contributed by atoms with van der Waals surface area (Å²) in [6.07, 6.45) is -0.400. The highest BCUT2D eigenvalue weighted by molar-refractivity contribution is 6.09. The summed E-state index contributed by atoms with van der Waals surface area (Å²) in [4.78, 5) is 12.5. The van der Waals surface area contributed by atoms with E-state index in [2.05, 4.69) is 0 Å². The second-order valence-electron chi connectivity index (χ2n) is 6.75. The summed E-state index contributed by atoms with van der Waals surface area (Å²) >= 11 is 0. The lowest BCUT2D eigenvalue weighted by molar-refractivity contribution is -0.0138. The van der Waals surface area contributed by atoms with Crippen LogP contribution in [0.4, 0.5) is 0 Å². The Hall–Kier alpha value is -2.21. The van der Waals surface area contributed by atoms with Gasteiger partial charge in [0.1, 0.15) is 24.1 Å². The molecule has 0 aliphatic carbocycles. The number of carbonyl (C=O) groups excluding carboxylic acids is 1. The zero-order chi connectivity index (χ0) is 18.1. The fourth-order valence-corrected chi connectivity index (χ4v) is 3.46. The smallest absolute Gasteiger partial charge is 0.193 e. The molecule has 0 spiro atoms. The quantitative estimate of drug-likeness (QED) is 0.755. The van der Waals surface area contributed by atoms with Gasteiger partial charge in [-0.05, 0) is 31.2 Å². The van der Waals surface area contributed by atoms with Gasteiger partial charge in [-0.3, -0.25) is 4.79 Å². The van der Waals surface area contributed by atoms with Gasteiger partial charge in [-0.25, -0.2) is 0 Å². The molecule has 0 bridgehead atoms. The largest absolute Gasteiger partial charge is 0.485 e. The molecule has 1 unspecified atom stereocenters. The molecular weight excluding hydrogens is 344 g/mol. The van der Waals surface area contributed by atoms with Crippen LogP contribution in [0.15, 0.2) is 48.5 Å². The van der Waals surface area contributed by atoms with E-state index in [-0.39, 0.29) is 37.6 Å². The van der Waals surface area contributed by atoms with Crippen molar-refractivity contribution in [3.63, 3.8) is 0 Å². The van der Waals surface area contributed by atoms with Gasteiger partial charge in [0.2, 0.25) is 0 Å². The number of ketones is 1. The summed E-state index contributed by atoms with van der Waals surface area (Å²) in [5.41, 5.74) is 2.45. The average Bonchev–Trinajstić information content (AvgIpc) is 3.25. The molecule has 0 radical (unpaired) electrons. The number of fused-ring (bicyclic) bond motifs is 1. The molecule has 2 aromatic rings. The number of methoxy groups -OCH3 is 1. The molecule has 2 aliphatic heterocycles. The number of carbonyl (C=O) groups is 1. The highest BCUT2D eigenvalue weighted by Gasteiger charge is 2.49. The minimum Gasteiger partial charge on any atom is -0.485 e. The van der Waals surface area contributed by atoms with E-state index in [0.29, 0.717) is 30.1 Å². The van der Waals surface area contributed by atoms with E-state index >= 15 is 0 Å². The van der Waals surface area contributed by atoms with Gasteiger partial charge in [0, 0.05) is 18.2 Å². The maximum Gasteiger partial charge on any atom is 0.193 e. The van der Waals surface area contributed by atoms with Gasteiger partial charge in [0.15, 0.2) is 11.9 Å². The molecule has 2 aromatic carbocycles. The molecule has 0 N–H and O–H groups in total. The second-order valence-corrected chi connectivity index (χ2v) is 6.75. The third-order valence-corrected chi connectivity index (χ3v) is 4.98. The first-order chi connectivity index (χ1) is 12.7. The molecule has 5 nitrogen and oxygen atoms in total. The van der Waals surface area contributed by atoms with Gasteiger partial charge in [-0.1, -0.05) is 37.3 Å². The number of hydrogen-bond acceptors (Lipinski definition) is 5. The number of ether oxygens (including phenoxy) is 4. The lowest BCUT2D eigenvalue weighted by atomic mass is 10.0. The molecular formula is C22H26O5. The lowest BCUT2D eigenvalue weighted by Gasteiger charge is -2.18. The van der Waals surface area contributed by atoms with Gasteiger partial charge < -0.3 is 18.9 Å². The van der Waals surface area contributed by atoms with Crippen molar-refractivity contribution in [3.05, 3.63) is 65.2 Å². The van der Waals surface area contributed by atoms with Crippen molar-refractivity contribution in [2.45, 2.75) is 38.8 Å². The van der Waals surface area contributed by atoms with Crippen molar-refractivity contribution >= 4 is 5.78 Å². The number of rotatable bonds is 5. The normalized spacial score (nSPS) is 26.3. The van der Waals surface area contributed by atoms with E-state index in [1.54, 1.807) is 19.2 Å². The van der Waals surface area contributed by atoms with Gasteiger partial charge in [0.25, 0.3) is 0 Å². The Bertz CT molecular complexity index is 768. The molecule has 2 fully saturated rings. The third-order valence-electron chi connectivity index (χ3n) is 4.98. The van der Waals surface area contributed by atoms with Crippen LogP contribution in [0.3, 0.4) is 0 Å². The van der Waals surface area contributed by atoms with Crippen molar-refractivity contribution in [3.8, 4) is 5.75 Å². The number of hydrogen-bond donors (Lipinski definition) is 0. The van der Waals surface area contributed by atoms with E-state index in [1.807, 2.05) is 43.3 Å². The monoisotopic (exact) mass is 370 g/mol. The van der Waals surface area contributed by atoms with Crippen LogP contribution in [0.25, 0.3) is 0 Å².